The Morgan fingerprint density at radius 2 is 1.60 bits per heavy atom. The number of rotatable bonds is 6. The lowest BCUT2D eigenvalue weighted by Crippen LogP contribution is -2.55. The molecular formula is C14H29N3O3. The summed E-state index contributed by atoms with van der Waals surface area (Å²) in [4.78, 5) is 26.6. The largest absolute Gasteiger partial charge is 0.481 e. The Bertz CT molecular complexity index is 346. The zero-order valence-electron chi connectivity index (χ0n) is 13.8. The second-order valence-corrected chi connectivity index (χ2v) is 6.83. The first-order chi connectivity index (χ1) is 8.88. The molecule has 0 saturated carbocycles. The summed E-state index contributed by atoms with van der Waals surface area (Å²) in [5, 5.41) is 11.7. The van der Waals surface area contributed by atoms with E-state index in [1.807, 2.05) is 53.6 Å². The molecule has 0 saturated heterocycles. The van der Waals surface area contributed by atoms with Gasteiger partial charge in [0.25, 0.3) is 0 Å². The topological polar surface area (TPSA) is 72.9 Å². The van der Waals surface area contributed by atoms with Crippen LogP contribution in [0.1, 0.15) is 41.0 Å². The molecule has 20 heavy (non-hydrogen) atoms. The van der Waals surface area contributed by atoms with E-state index in [4.69, 9.17) is 5.11 Å². The average Bonchev–Trinajstić information content (AvgIpc) is 2.24. The van der Waals surface area contributed by atoms with Gasteiger partial charge in [-0.1, -0.05) is 0 Å². The standard InChI is InChI=1S/C14H29N3O3/c1-13(2,3)17(9-8-11(18)19)12(20)15-10-14(4,5)16(6)7/h8-10H2,1-7H3,(H,15,20)(H,18,19). The van der Waals surface area contributed by atoms with Gasteiger partial charge >= 0.3 is 12.0 Å². The SMILES string of the molecule is CN(C)C(C)(C)CNC(=O)N(CCC(=O)O)C(C)(C)C. The lowest BCUT2D eigenvalue weighted by Gasteiger charge is -2.38. The van der Waals surface area contributed by atoms with Crippen LogP contribution in [-0.4, -0.2) is 65.2 Å². The molecule has 2 N–H and O–H groups in total. The Kier molecular flexibility index (Phi) is 6.47. The average molecular weight is 287 g/mol. The zero-order valence-corrected chi connectivity index (χ0v) is 13.8. The maximum absolute atomic E-state index is 12.3. The van der Waals surface area contributed by atoms with Crippen LogP contribution in [0, 0.1) is 0 Å². The van der Waals surface area contributed by atoms with Gasteiger partial charge in [0.15, 0.2) is 0 Å². The van der Waals surface area contributed by atoms with Crippen molar-refractivity contribution >= 4 is 12.0 Å². The van der Waals surface area contributed by atoms with Crippen LogP contribution in [0.15, 0.2) is 0 Å². The first-order valence-electron chi connectivity index (χ1n) is 6.82. The summed E-state index contributed by atoms with van der Waals surface area (Å²) in [6.07, 6.45) is -0.0538. The van der Waals surface area contributed by atoms with E-state index in [9.17, 15) is 9.59 Å². The van der Waals surface area contributed by atoms with Gasteiger partial charge in [-0.15, -0.1) is 0 Å². The van der Waals surface area contributed by atoms with Crippen LogP contribution in [0.5, 0.6) is 0 Å². The lowest BCUT2D eigenvalue weighted by atomic mass is 10.0. The number of hydrogen-bond donors (Lipinski definition) is 2. The minimum Gasteiger partial charge on any atom is -0.481 e. The molecule has 0 radical (unpaired) electrons. The maximum atomic E-state index is 12.3. The van der Waals surface area contributed by atoms with Gasteiger partial charge in [-0.25, -0.2) is 4.79 Å². The highest BCUT2D eigenvalue weighted by atomic mass is 16.4. The second-order valence-electron chi connectivity index (χ2n) is 6.83. The number of carboxylic acid groups (broad SMARTS) is 1. The molecule has 0 aromatic rings. The number of aliphatic carboxylic acids is 1. The van der Waals surface area contributed by atoms with Crippen molar-refractivity contribution in [2.45, 2.75) is 52.1 Å². The van der Waals surface area contributed by atoms with Crippen LogP contribution in [0.4, 0.5) is 4.79 Å². The van der Waals surface area contributed by atoms with Crippen molar-refractivity contribution in [2.24, 2.45) is 0 Å². The van der Waals surface area contributed by atoms with Gasteiger partial charge in [0.2, 0.25) is 0 Å². The molecular weight excluding hydrogens is 258 g/mol. The van der Waals surface area contributed by atoms with Gasteiger partial charge in [0.05, 0.1) is 6.42 Å². The maximum Gasteiger partial charge on any atom is 0.317 e. The van der Waals surface area contributed by atoms with Crippen molar-refractivity contribution in [2.75, 3.05) is 27.2 Å². The van der Waals surface area contributed by atoms with E-state index in [0.29, 0.717) is 6.54 Å². The zero-order chi connectivity index (χ0) is 16.1. The molecule has 6 heteroatoms. The van der Waals surface area contributed by atoms with E-state index in [0.717, 1.165) is 0 Å². The van der Waals surface area contributed by atoms with Gasteiger partial charge in [-0.2, -0.15) is 0 Å². The van der Waals surface area contributed by atoms with Crippen LogP contribution in [0.3, 0.4) is 0 Å². The first kappa shape index (κ1) is 18.7. The third kappa shape index (κ3) is 6.23. The summed E-state index contributed by atoms with van der Waals surface area (Å²) in [6, 6.07) is -0.228. The third-order valence-corrected chi connectivity index (χ3v) is 3.49. The molecule has 0 spiro atoms. The molecule has 0 fully saturated rings. The molecule has 0 aliphatic heterocycles. The summed E-state index contributed by atoms with van der Waals surface area (Å²) in [5.74, 6) is -0.902. The van der Waals surface area contributed by atoms with Crippen molar-refractivity contribution in [3.63, 3.8) is 0 Å². The number of urea groups is 1. The van der Waals surface area contributed by atoms with Gasteiger partial charge in [0, 0.05) is 24.2 Å². The summed E-state index contributed by atoms with van der Waals surface area (Å²) in [5.41, 5.74) is -0.576. The van der Waals surface area contributed by atoms with Crippen molar-refractivity contribution < 1.29 is 14.7 Å². The molecule has 0 rings (SSSR count). The van der Waals surface area contributed by atoms with E-state index < -0.39 is 11.5 Å². The van der Waals surface area contributed by atoms with Crippen LogP contribution in [-0.2, 0) is 4.79 Å². The van der Waals surface area contributed by atoms with Crippen molar-refractivity contribution in [1.29, 1.82) is 0 Å². The van der Waals surface area contributed by atoms with Gasteiger partial charge in [0.1, 0.15) is 0 Å². The predicted octanol–water partition coefficient (Wildman–Crippen LogP) is 1.61. The Morgan fingerprint density at radius 1 is 1.10 bits per heavy atom. The number of nitrogens with zero attached hydrogens (tertiary/aromatic N) is 2. The van der Waals surface area contributed by atoms with Crippen LogP contribution in [0.2, 0.25) is 0 Å². The number of amides is 2. The van der Waals surface area contributed by atoms with Crippen molar-refractivity contribution in [3.8, 4) is 0 Å². The smallest absolute Gasteiger partial charge is 0.317 e. The van der Waals surface area contributed by atoms with Crippen LogP contribution in [0.25, 0.3) is 0 Å². The molecule has 0 atom stereocenters. The molecule has 0 aliphatic rings. The van der Waals surface area contributed by atoms with E-state index in [1.54, 1.807) is 4.90 Å². The molecule has 0 aromatic carbocycles. The van der Waals surface area contributed by atoms with E-state index >= 15 is 0 Å². The quantitative estimate of drug-likeness (QED) is 0.778. The number of carboxylic acids is 1. The van der Waals surface area contributed by atoms with Gasteiger partial charge in [-0.3, -0.25) is 4.79 Å². The Labute approximate surface area is 122 Å². The van der Waals surface area contributed by atoms with Crippen molar-refractivity contribution in [1.82, 2.24) is 15.1 Å². The number of carbonyl (C=O) groups is 2. The summed E-state index contributed by atoms with van der Waals surface area (Å²) in [6.45, 7) is 10.5. The highest BCUT2D eigenvalue weighted by Gasteiger charge is 2.28. The summed E-state index contributed by atoms with van der Waals surface area (Å²) in [7, 11) is 3.91. The second kappa shape index (κ2) is 6.92. The molecule has 0 heterocycles. The molecule has 0 unspecified atom stereocenters. The molecule has 0 aromatic heterocycles. The fourth-order valence-corrected chi connectivity index (χ4v) is 1.49. The summed E-state index contributed by atoms with van der Waals surface area (Å²) >= 11 is 0. The van der Waals surface area contributed by atoms with E-state index in [-0.39, 0.29) is 24.5 Å². The normalized spacial score (nSPS) is 12.4. The van der Waals surface area contributed by atoms with E-state index in [2.05, 4.69) is 5.32 Å². The Hall–Kier alpha value is -1.30. The highest BCUT2D eigenvalue weighted by molar-refractivity contribution is 5.76. The highest BCUT2D eigenvalue weighted by Crippen LogP contribution is 2.15. The van der Waals surface area contributed by atoms with E-state index in [1.165, 1.54) is 0 Å². The van der Waals surface area contributed by atoms with Crippen LogP contribution >= 0.6 is 0 Å². The Morgan fingerprint density at radius 3 is 1.95 bits per heavy atom. The Balaban J connectivity index is 4.69. The number of nitrogens with one attached hydrogen (secondary N) is 1. The number of likely N-dealkylation sites (N-methyl/N-ethyl adjacent to an activating group) is 1. The molecule has 0 bridgehead atoms. The fourth-order valence-electron chi connectivity index (χ4n) is 1.49. The molecule has 0 aliphatic carbocycles. The molecule has 2 amide bonds. The van der Waals surface area contributed by atoms with Crippen LogP contribution < -0.4 is 5.32 Å². The summed E-state index contributed by atoms with van der Waals surface area (Å²) < 4.78 is 0. The molecule has 6 nitrogen and oxygen atoms in total. The van der Waals surface area contributed by atoms with Gasteiger partial charge in [-0.05, 0) is 48.7 Å². The van der Waals surface area contributed by atoms with Crippen molar-refractivity contribution in [3.05, 3.63) is 0 Å². The van der Waals surface area contributed by atoms with Gasteiger partial charge < -0.3 is 20.2 Å². The lowest BCUT2D eigenvalue weighted by molar-refractivity contribution is -0.137. The predicted molar refractivity (Wildman–Crippen MR) is 79.9 cm³/mol. The minimum atomic E-state index is -0.902. The fraction of sp³-hybridized carbons (Fsp3) is 0.857. The first-order valence-corrected chi connectivity index (χ1v) is 6.82. The molecule has 118 valence electrons. The third-order valence-electron chi connectivity index (χ3n) is 3.49. The monoisotopic (exact) mass is 287 g/mol. The minimum absolute atomic E-state index is 0.0538. The number of carbonyl (C=O) groups excluding carboxylic acids is 1. The number of hydrogen-bond acceptors (Lipinski definition) is 3.